The first-order chi connectivity index (χ1) is 11.7. The minimum Gasteiger partial charge on any atom is -0.498 e. The summed E-state index contributed by atoms with van der Waals surface area (Å²) in [6, 6.07) is 0. The van der Waals surface area contributed by atoms with Crippen LogP contribution < -0.4 is 0 Å². The van der Waals surface area contributed by atoms with E-state index in [0.717, 1.165) is 76.9 Å². The zero-order valence-corrected chi connectivity index (χ0v) is 16.1. The minimum absolute atomic E-state index is 0.353. The fourth-order valence-electron chi connectivity index (χ4n) is 3.22. The molecule has 1 saturated carbocycles. The van der Waals surface area contributed by atoms with Crippen molar-refractivity contribution < 1.29 is 9.53 Å². The standard InChI is InChI=1S/C19H31NO2.C2H6/c1-3-6-18(7-4-2)22-15-5-12-20-13-10-17(11-14-20)19(21)16-8-9-16;1-2/h3,6,16-17H,1,4-5,7-15H2,2H3;1-2H3/b18-6+;. The molecule has 0 atom stereocenters. The van der Waals surface area contributed by atoms with E-state index in [9.17, 15) is 4.79 Å². The molecule has 138 valence electrons. The van der Waals surface area contributed by atoms with Gasteiger partial charge in [-0.2, -0.15) is 0 Å². The molecule has 1 heterocycles. The van der Waals surface area contributed by atoms with Crippen LogP contribution in [-0.4, -0.2) is 36.9 Å². The van der Waals surface area contributed by atoms with Crippen molar-refractivity contribution in [2.24, 2.45) is 11.8 Å². The lowest BCUT2D eigenvalue weighted by molar-refractivity contribution is -0.125. The highest BCUT2D eigenvalue weighted by atomic mass is 16.5. The molecule has 1 aliphatic carbocycles. The van der Waals surface area contributed by atoms with Crippen LogP contribution >= 0.6 is 0 Å². The van der Waals surface area contributed by atoms with E-state index in [2.05, 4.69) is 18.4 Å². The molecule has 0 aromatic rings. The number of carbonyl (C=O) groups excluding carboxylic acids is 1. The Bertz CT molecular complexity index is 391. The number of nitrogens with zero attached hydrogens (tertiary/aromatic N) is 1. The molecule has 1 aliphatic heterocycles. The van der Waals surface area contributed by atoms with Gasteiger partial charge < -0.3 is 9.64 Å². The Labute approximate surface area is 149 Å². The smallest absolute Gasteiger partial charge is 0.139 e. The molecule has 2 fully saturated rings. The van der Waals surface area contributed by atoms with Gasteiger partial charge in [-0.3, -0.25) is 4.79 Å². The second-order valence-corrected chi connectivity index (χ2v) is 6.61. The molecule has 1 saturated heterocycles. The van der Waals surface area contributed by atoms with Gasteiger partial charge in [0.25, 0.3) is 0 Å². The van der Waals surface area contributed by atoms with Gasteiger partial charge in [0.2, 0.25) is 0 Å². The van der Waals surface area contributed by atoms with E-state index < -0.39 is 0 Å². The van der Waals surface area contributed by atoms with Gasteiger partial charge in [0, 0.05) is 24.8 Å². The SMILES string of the molecule is C=C/C=C(\CCC)OCCCN1CCC(C(=O)C2CC2)CC1.CC. The fraction of sp³-hybridized carbons (Fsp3) is 0.762. The third kappa shape index (κ3) is 7.65. The number of rotatable bonds is 10. The van der Waals surface area contributed by atoms with Gasteiger partial charge >= 0.3 is 0 Å². The van der Waals surface area contributed by atoms with Crippen LogP contribution in [0, 0.1) is 11.8 Å². The van der Waals surface area contributed by atoms with Crippen LogP contribution in [0.5, 0.6) is 0 Å². The van der Waals surface area contributed by atoms with Gasteiger partial charge in [-0.15, -0.1) is 0 Å². The highest BCUT2D eigenvalue weighted by Crippen LogP contribution is 2.35. The lowest BCUT2D eigenvalue weighted by atomic mass is 9.90. The normalized spacial score (nSPS) is 19.4. The van der Waals surface area contributed by atoms with E-state index in [1.807, 2.05) is 19.9 Å². The Morgan fingerprint density at radius 2 is 1.79 bits per heavy atom. The van der Waals surface area contributed by atoms with Crippen molar-refractivity contribution in [3.05, 3.63) is 24.5 Å². The first kappa shape index (κ1) is 21.0. The molecule has 0 bridgehead atoms. The maximum Gasteiger partial charge on any atom is 0.139 e. The Balaban J connectivity index is 0.00000139. The monoisotopic (exact) mass is 335 g/mol. The Morgan fingerprint density at radius 3 is 2.33 bits per heavy atom. The molecule has 3 heteroatoms. The van der Waals surface area contributed by atoms with E-state index in [4.69, 9.17) is 4.74 Å². The van der Waals surface area contributed by atoms with E-state index in [0.29, 0.717) is 17.6 Å². The van der Waals surface area contributed by atoms with Crippen molar-refractivity contribution in [2.45, 2.75) is 65.7 Å². The van der Waals surface area contributed by atoms with Crippen molar-refractivity contribution in [3.8, 4) is 0 Å². The van der Waals surface area contributed by atoms with Crippen molar-refractivity contribution >= 4 is 5.78 Å². The molecule has 0 unspecified atom stereocenters. The largest absolute Gasteiger partial charge is 0.498 e. The van der Waals surface area contributed by atoms with Gasteiger partial charge in [-0.25, -0.2) is 0 Å². The zero-order valence-electron chi connectivity index (χ0n) is 16.1. The molecule has 3 nitrogen and oxygen atoms in total. The minimum atomic E-state index is 0.353. The van der Waals surface area contributed by atoms with Crippen LogP contribution in [0.3, 0.4) is 0 Å². The number of allylic oxidation sites excluding steroid dienone is 3. The van der Waals surface area contributed by atoms with Gasteiger partial charge in [0.1, 0.15) is 5.78 Å². The highest BCUT2D eigenvalue weighted by molar-refractivity contribution is 5.85. The topological polar surface area (TPSA) is 29.5 Å². The highest BCUT2D eigenvalue weighted by Gasteiger charge is 2.35. The molecule has 0 spiro atoms. The van der Waals surface area contributed by atoms with Gasteiger partial charge in [0.05, 0.1) is 12.4 Å². The van der Waals surface area contributed by atoms with Gasteiger partial charge in [-0.05, 0) is 57.7 Å². The van der Waals surface area contributed by atoms with Crippen molar-refractivity contribution in [1.82, 2.24) is 4.90 Å². The molecule has 24 heavy (non-hydrogen) atoms. The number of Topliss-reactive ketones (excluding diaryl/α,β-unsaturated/α-hetero) is 1. The summed E-state index contributed by atoms with van der Waals surface area (Å²) in [5.41, 5.74) is 0. The molecular weight excluding hydrogens is 298 g/mol. The van der Waals surface area contributed by atoms with Crippen molar-refractivity contribution in [3.63, 3.8) is 0 Å². The van der Waals surface area contributed by atoms with E-state index >= 15 is 0 Å². The Kier molecular flexibility index (Phi) is 10.7. The number of ether oxygens (including phenoxy) is 1. The summed E-state index contributed by atoms with van der Waals surface area (Å²) in [5, 5.41) is 0. The zero-order chi connectivity index (χ0) is 17.8. The molecule has 0 N–H and O–H groups in total. The predicted molar refractivity (Wildman–Crippen MR) is 102 cm³/mol. The summed E-state index contributed by atoms with van der Waals surface area (Å²) < 4.78 is 5.82. The lowest BCUT2D eigenvalue weighted by Gasteiger charge is -2.31. The van der Waals surface area contributed by atoms with E-state index in [1.165, 1.54) is 0 Å². The van der Waals surface area contributed by atoms with Crippen molar-refractivity contribution in [2.75, 3.05) is 26.2 Å². The molecule has 0 aromatic heterocycles. The third-order valence-electron chi connectivity index (χ3n) is 4.68. The summed E-state index contributed by atoms with van der Waals surface area (Å²) in [6.07, 6.45) is 11.3. The van der Waals surface area contributed by atoms with Crippen molar-refractivity contribution in [1.29, 1.82) is 0 Å². The first-order valence-electron chi connectivity index (χ1n) is 9.95. The molecule has 2 rings (SSSR count). The predicted octanol–water partition coefficient (Wildman–Crippen LogP) is 4.98. The fourth-order valence-corrected chi connectivity index (χ4v) is 3.22. The second-order valence-electron chi connectivity index (χ2n) is 6.61. The average Bonchev–Trinajstić information content (AvgIpc) is 3.46. The molecule has 0 radical (unpaired) electrons. The number of likely N-dealkylation sites (tertiary alicyclic amines) is 1. The van der Waals surface area contributed by atoms with Crippen LogP contribution in [-0.2, 0) is 9.53 Å². The number of ketones is 1. The van der Waals surface area contributed by atoms with Crippen LogP contribution in [0.1, 0.15) is 65.7 Å². The Hall–Kier alpha value is -1.09. The van der Waals surface area contributed by atoms with E-state index in [1.54, 1.807) is 6.08 Å². The summed E-state index contributed by atoms with van der Waals surface area (Å²) >= 11 is 0. The number of carbonyl (C=O) groups is 1. The van der Waals surface area contributed by atoms with Crippen LogP contribution in [0.2, 0.25) is 0 Å². The molecular formula is C21H37NO2. The molecule has 0 amide bonds. The van der Waals surface area contributed by atoms with E-state index in [-0.39, 0.29) is 0 Å². The number of piperidine rings is 1. The molecule has 0 aromatic carbocycles. The summed E-state index contributed by atoms with van der Waals surface area (Å²) in [4.78, 5) is 14.6. The van der Waals surface area contributed by atoms with Gasteiger partial charge in [0.15, 0.2) is 0 Å². The lowest BCUT2D eigenvalue weighted by Crippen LogP contribution is -2.37. The maximum absolute atomic E-state index is 12.1. The van der Waals surface area contributed by atoms with Crippen LogP contribution in [0.15, 0.2) is 24.5 Å². The van der Waals surface area contributed by atoms with Crippen LogP contribution in [0.4, 0.5) is 0 Å². The van der Waals surface area contributed by atoms with Crippen LogP contribution in [0.25, 0.3) is 0 Å². The summed E-state index contributed by atoms with van der Waals surface area (Å²) in [7, 11) is 0. The molecule has 2 aliphatic rings. The quantitative estimate of drug-likeness (QED) is 0.320. The van der Waals surface area contributed by atoms with Gasteiger partial charge in [-0.1, -0.05) is 33.4 Å². The third-order valence-corrected chi connectivity index (χ3v) is 4.68. The first-order valence-corrected chi connectivity index (χ1v) is 9.95. The summed E-state index contributed by atoms with van der Waals surface area (Å²) in [5.74, 6) is 2.39. The second kappa shape index (κ2) is 12.3. The Morgan fingerprint density at radius 1 is 1.17 bits per heavy atom. The average molecular weight is 336 g/mol. The summed E-state index contributed by atoms with van der Waals surface area (Å²) in [6.45, 7) is 13.9. The maximum atomic E-state index is 12.1. The number of hydrogen-bond acceptors (Lipinski definition) is 3. The number of hydrogen-bond donors (Lipinski definition) is 0.